The van der Waals surface area contributed by atoms with Gasteiger partial charge in [-0.25, -0.2) is 0 Å². The van der Waals surface area contributed by atoms with Gasteiger partial charge in [0.2, 0.25) is 5.91 Å². The minimum absolute atomic E-state index is 0.0914. The summed E-state index contributed by atoms with van der Waals surface area (Å²) in [5.41, 5.74) is 0. The highest BCUT2D eigenvalue weighted by Gasteiger charge is 2.17. The largest absolute Gasteiger partial charge is 0.394 e. The van der Waals surface area contributed by atoms with Crippen molar-refractivity contribution in [3.05, 3.63) is 24.3 Å². The Balaban J connectivity index is 3.40. The van der Waals surface area contributed by atoms with Gasteiger partial charge < -0.3 is 15.5 Å². The average molecular weight is 648 g/mol. The van der Waals surface area contributed by atoms with Crippen LogP contribution in [0.3, 0.4) is 0 Å². The smallest absolute Gasteiger partial charge is 0.220 e. The molecule has 0 aliphatic heterocycles. The first-order valence-corrected chi connectivity index (χ1v) is 20.6. The second-order valence-corrected chi connectivity index (χ2v) is 14.1. The molecule has 0 aliphatic carbocycles. The van der Waals surface area contributed by atoms with E-state index in [4.69, 9.17) is 0 Å². The third kappa shape index (κ3) is 34.2. The molecule has 0 aromatic heterocycles. The SMILES string of the molecule is CCCCCCCCCCCCCCCCCCCCCCCCCC/C=C/CC/C=C/C(O)C(CO)NC(=O)CCCCCC. The van der Waals surface area contributed by atoms with Gasteiger partial charge in [-0.15, -0.1) is 0 Å². The van der Waals surface area contributed by atoms with Crippen LogP contribution in [-0.4, -0.2) is 34.9 Å². The minimum atomic E-state index is -0.854. The van der Waals surface area contributed by atoms with Crippen LogP contribution in [0.5, 0.6) is 0 Å². The van der Waals surface area contributed by atoms with E-state index in [1.54, 1.807) is 6.08 Å². The molecule has 46 heavy (non-hydrogen) atoms. The number of allylic oxidation sites excluding steroid dienone is 3. The zero-order valence-corrected chi connectivity index (χ0v) is 31.1. The molecule has 0 spiro atoms. The van der Waals surface area contributed by atoms with Crippen LogP contribution in [0.25, 0.3) is 0 Å². The van der Waals surface area contributed by atoms with Gasteiger partial charge >= 0.3 is 0 Å². The number of rotatable bonds is 37. The number of carbonyl (C=O) groups is 1. The van der Waals surface area contributed by atoms with Crippen LogP contribution in [0.4, 0.5) is 0 Å². The molecular formula is C42H81NO3. The maximum Gasteiger partial charge on any atom is 0.220 e. The summed E-state index contributed by atoms with van der Waals surface area (Å²) in [6.07, 6.45) is 49.2. The van der Waals surface area contributed by atoms with Crippen molar-refractivity contribution in [2.75, 3.05) is 6.61 Å². The normalized spacial score (nSPS) is 13.2. The molecule has 272 valence electrons. The highest BCUT2D eigenvalue weighted by atomic mass is 16.3. The van der Waals surface area contributed by atoms with E-state index in [0.717, 1.165) is 44.9 Å². The molecule has 0 aliphatic rings. The molecule has 0 saturated heterocycles. The van der Waals surface area contributed by atoms with Gasteiger partial charge in [0.25, 0.3) is 0 Å². The number of aliphatic hydroxyl groups excluding tert-OH is 2. The summed E-state index contributed by atoms with van der Waals surface area (Å²) in [6.45, 7) is 4.18. The Morgan fingerprint density at radius 2 is 0.848 bits per heavy atom. The summed E-state index contributed by atoms with van der Waals surface area (Å²) >= 11 is 0. The Labute approximate surface area is 288 Å². The molecule has 0 fully saturated rings. The summed E-state index contributed by atoms with van der Waals surface area (Å²) < 4.78 is 0. The predicted molar refractivity (Wildman–Crippen MR) is 202 cm³/mol. The first-order chi connectivity index (χ1) is 22.7. The quantitative estimate of drug-likeness (QED) is 0.0464. The van der Waals surface area contributed by atoms with E-state index < -0.39 is 12.1 Å². The Morgan fingerprint density at radius 3 is 1.26 bits per heavy atom. The van der Waals surface area contributed by atoms with Crippen molar-refractivity contribution in [2.24, 2.45) is 0 Å². The van der Waals surface area contributed by atoms with Crippen LogP contribution in [-0.2, 0) is 4.79 Å². The third-order valence-electron chi connectivity index (χ3n) is 9.44. The van der Waals surface area contributed by atoms with Crippen LogP contribution < -0.4 is 5.32 Å². The number of aliphatic hydroxyl groups is 2. The molecule has 2 unspecified atom stereocenters. The standard InChI is InChI=1S/C42H81NO3/c1-3-5-7-9-10-11-12-13-14-15-16-17-18-19-20-21-22-23-24-25-26-27-28-29-30-31-32-33-34-35-37-41(45)40(39-44)43-42(46)38-36-8-6-4-2/h31-32,35,37,40-41,44-45H,3-30,33-34,36,38-39H2,1-2H3,(H,43,46)/b32-31+,37-35+. The van der Waals surface area contributed by atoms with Gasteiger partial charge in [0, 0.05) is 6.42 Å². The van der Waals surface area contributed by atoms with E-state index in [-0.39, 0.29) is 12.5 Å². The first-order valence-electron chi connectivity index (χ1n) is 20.6. The van der Waals surface area contributed by atoms with Crippen molar-refractivity contribution in [3.8, 4) is 0 Å². The molecule has 0 radical (unpaired) electrons. The molecule has 4 nitrogen and oxygen atoms in total. The van der Waals surface area contributed by atoms with Crippen LogP contribution in [0.15, 0.2) is 24.3 Å². The van der Waals surface area contributed by atoms with Gasteiger partial charge in [0.1, 0.15) is 0 Å². The molecule has 0 bridgehead atoms. The first kappa shape index (κ1) is 44.9. The van der Waals surface area contributed by atoms with Crippen LogP contribution in [0, 0.1) is 0 Å². The van der Waals surface area contributed by atoms with E-state index in [9.17, 15) is 15.0 Å². The van der Waals surface area contributed by atoms with Gasteiger partial charge in [0.15, 0.2) is 0 Å². The lowest BCUT2D eigenvalue weighted by atomic mass is 10.0. The number of hydrogen-bond acceptors (Lipinski definition) is 3. The van der Waals surface area contributed by atoms with Crippen LogP contribution in [0.2, 0.25) is 0 Å². The monoisotopic (exact) mass is 648 g/mol. The molecule has 4 heteroatoms. The molecule has 0 rings (SSSR count). The van der Waals surface area contributed by atoms with E-state index in [2.05, 4.69) is 31.3 Å². The Morgan fingerprint density at radius 1 is 0.500 bits per heavy atom. The molecule has 0 aromatic carbocycles. The van der Waals surface area contributed by atoms with Crippen molar-refractivity contribution in [1.29, 1.82) is 0 Å². The summed E-state index contributed by atoms with van der Waals surface area (Å²) in [5, 5.41) is 22.6. The number of unbranched alkanes of at least 4 members (excludes halogenated alkanes) is 28. The number of carbonyl (C=O) groups excluding carboxylic acids is 1. The van der Waals surface area contributed by atoms with E-state index in [1.165, 1.54) is 154 Å². The van der Waals surface area contributed by atoms with Crippen molar-refractivity contribution in [3.63, 3.8) is 0 Å². The molecule has 1 amide bonds. The predicted octanol–water partition coefficient (Wildman–Crippen LogP) is 12.5. The zero-order chi connectivity index (χ0) is 33.6. The zero-order valence-electron chi connectivity index (χ0n) is 31.1. The number of hydrogen-bond donors (Lipinski definition) is 3. The fraction of sp³-hybridized carbons (Fsp3) is 0.881. The molecular weight excluding hydrogens is 566 g/mol. The van der Waals surface area contributed by atoms with Crippen LogP contribution >= 0.6 is 0 Å². The summed E-state index contributed by atoms with van der Waals surface area (Å²) in [7, 11) is 0. The fourth-order valence-electron chi connectivity index (χ4n) is 6.25. The second-order valence-electron chi connectivity index (χ2n) is 14.1. The topological polar surface area (TPSA) is 69.6 Å². The highest BCUT2D eigenvalue weighted by Crippen LogP contribution is 2.16. The fourth-order valence-corrected chi connectivity index (χ4v) is 6.25. The Kier molecular flexibility index (Phi) is 37.4. The van der Waals surface area contributed by atoms with Gasteiger partial charge in [-0.3, -0.25) is 4.79 Å². The van der Waals surface area contributed by atoms with E-state index >= 15 is 0 Å². The van der Waals surface area contributed by atoms with Crippen molar-refractivity contribution in [2.45, 2.75) is 231 Å². The molecule has 0 saturated carbocycles. The second kappa shape index (κ2) is 38.3. The Bertz CT molecular complexity index is 661. The minimum Gasteiger partial charge on any atom is -0.394 e. The Hall–Kier alpha value is -1.13. The third-order valence-corrected chi connectivity index (χ3v) is 9.44. The maximum absolute atomic E-state index is 12.0. The maximum atomic E-state index is 12.0. The van der Waals surface area contributed by atoms with Crippen molar-refractivity contribution >= 4 is 5.91 Å². The molecule has 0 heterocycles. The molecule has 3 N–H and O–H groups in total. The molecule has 0 aromatic rings. The highest BCUT2D eigenvalue weighted by molar-refractivity contribution is 5.76. The summed E-state index contributed by atoms with van der Waals surface area (Å²) in [6, 6.07) is -0.630. The van der Waals surface area contributed by atoms with Crippen molar-refractivity contribution < 1.29 is 15.0 Å². The lowest BCUT2D eigenvalue weighted by Gasteiger charge is -2.19. The van der Waals surface area contributed by atoms with E-state index in [0.29, 0.717) is 6.42 Å². The van der Waals surface area contributed by atoms with Crippen LogP contribution in [0.1, 0.15) is 219 Å². The lowest BCUT2D eigenvalue weighted by molar-refractivity contribution is -0.123. The van der Waals surface area contributed by atoms with Gasteiger partial charge in [-0.05, 0) is 32.1 Å². The van der Waals surface area contributed by atoms with Gasteiger partial charge in [-0.2, -0.15) is 0 Å². The number of amides is 1. The summed E-state index contributed by atoms with van der Waals surface area (Å²) in [4.78, 5) is 12.0. The number of nitrogens with one attached hydrogen (secondary N) is 1. The van der Waals surface area contributed by atoms with Crippen molar-refractivity contribution in [1.82, 2.24) is 5.32 Å². The molecule has 2 atom stereocenters. The lowest BCUT2D eigenvalue weighted by Crippen LogP contribution is -2.45. The van der Waals surface area contributed by atoms with Gasteiger partial charge in [0.05, 0.1) is 18.8 Å². The van der Waals surface area contributed by atoms with E-state index in [1.807, 2.05) is 6.08 Å². The average Bonchev–Trinajstić information content (AvgIpc) is 3.06. The van der Waals surface area contributed by atoms with Gasteiger partial charge in [-0.1, -0.05) is 205 Å². The summed E-state index contributed by atoms with van der Waals surface area (Å²) in [5.74, 6) is -0.0914.